The van der Waals surface area contributed by atoms with Crippen molar-refractivity contribution >= 4 is 34.8 Å². The van der Waals surface area contributed by atoms with Crippen molar-refractivity contribution in [3.05, 3.63) is 28.2 Å². The van der Waals surface area contributed by atoms with Gasteiger partial charge < -0.3 is 5.32 Å². The molecule has 0 aromatic heterocycles. The summed E-state index contributed by atoms with van der Waals surface area (Å²) < 4.78 is 0. The molecule has 1 aromatic rings. The van der Waals surface area contributed by atoms with E-state index >= 15 is 0 Å². The van der Waals surface area contributed by atoms with E-state index in [9.17, 15) is 4.79 Å². The van der Waals surface area contributed by atoms with E-state index in [4.69, 9.17) is 23.2 Å². The molecule has 1 saturated carbocycles. The minimum Gasteiger partial charge on any atom is -0.323 e. The summed E-state index contributed by atoms with van der Waals surface area (Å²) in [6.45, 7) is 2.23. The maximum Gasteiger partial charge on any atom is 0.227 e. The van der Waals surface area contributed by atoms with Crippen LogP contribution in [0.4, 0.5) is 5.69 Å². The lowest BCUT2D eigenvalue weighted by Crippen LogP contribution is -2.27. The quantitative estimate of drug-likeness (QED) is 0.713. The van der Waals surface area contributed by atoms with E-state index in [1.807, 2.05) is 0 Å². The number of hydrogen-bond acceptors (Lipinski definition) is 1. The Kier molecular flexibility index (Phi) is 6.38. The molecule has 0 unspecified atom stereocenters. The van der Waals surface area contributed by atoms with Crippen LogP contribution in [0.2, 0.25) is 10.0 Å². The number of nitrogens with one attached hydrogen (secondary N) is 1. The zero-order chi connectivity index (χ0) is 15.2. The highest BCUT2D eigenvalue weighted by atomic mass is 35.5. The summed E-state index contributed by atoms with van der Waals surface area (Å²) in [5.41, 5.74) is 0.541. The van der Waals surface area contributed by atoms with Gasteiger partial charge in [0.2, 0.25) is 5.91 Å². The second-order valence-electron chi connectivity index (χ2n) is 5.95. The first kappa shape index (κ1) is 16.6. The van der Waals surface area contributed by atoms with Crippen LogP contribution in [0.15, 0.2) is 18.2 Å². The molecule has 21 heavy (non-hydrogen) atoms. The van der Waals surface area contributed by atoms with E-state index in [-0.39, 0.29) is 11.8 Å². The molecule has 116 valence electrons. The van der Waals surface area contributed by atoms with Crippen LogP contribution in [-0.2, 0) is 4.79 Å². The van der Waals surface area contributed by atoms with Gasteiger partial charge in [0.15, 0.2) is 0 Å². The van der Waals surface area contributed by atoms with Crippen LogP contribution < -0.4 is 5.32 Å². The Morgan fingerprint density at radius 1 is 1.19 bits per heavy atom. The van der Waals surface area contributed by atoms with Crippen molar-refractivity contribution in [1.82, 2.24) is 0 Å². The van der Waals surface area contributed by atoms with Crippen molar-refractivity contribution in [2.45, 2.75) is 51.9 Å². The van der Waals surface area contributed by atoms with Gasteiger partial charge in [-0.05, 0) is 43.7 Å². The van der Waals surface area contributed by atoms with Crippen molar-refractivity contribution in [3.63, 3.8) is 0 Å². The number of carbonyl (C=O) groups is 1. The Labute approximate surface area is 137 Å². The van der Waals surface area contributed by atoms with E-state index < -0.39 is 0 Å². The number of anilines is 1. The molecule has 0 radical (unpaired) electrons. The van der Waals surface area contributed by atoms with Gasteiger partial charge in [-0.3, -0.25) is 4.79 Å². The van der Waals surface area contributed by atoms with Gasteiger partial charge in [-0.15, -0.1) is 0 Å². The molecule has 1 aromatic carbocycles. The van der Waals surface area contributed by atoms with Gasteiger partial charge in [0.05, 0.1) is 15.7 Å². The van der Waals surface area contributed by atoms with Gasteiger partial charge >= 0.3 is 0 Å². The van der Waals surface area contributed by atoms with Gasteiger partial charge in [-0.2, -0.15) is 0 Å². The second-order valence-corrected chi connectivity index (χ2v) is 6.76. The van der Waals surface area contributed by atoms with E-state index in [0.717, 1.165) is 31.6 Å². The third-order valence-corrected chi connectivity index (χ3v) is 5.02. The molecule has 2 rings (SSSR count). The standard InChI is InChI=1S/C17H23Cl2NO/c1-2-3-5-12-8-10-13(11-9-12)17(21)20-16-14(18)6-4-7-15(16)19/h4,6-7,12-13H,2-3,5,8-11H2,1H3,(H,20,21). The lowest BCUT2D eigenvalue weighted by atomic mass is 9.79. The number of carbonyl (C=O) groups excluding carboxylic acids is 1. The number of hydrogen-bond donors (Lipinski definition) is 1. The number of para-hydroxylation sites is 1. The molecule has 0 aliphatic heterocycles. The Bertz CT molecular complexity index is 461. The van der Waals surface area contributed by atoms with Crippen molar-refractivity contribution in [2.75, 3.05) is 5.32 Å². The third-order valence-electron chi connectivity index (χ3n) is 4.39. The molecule has 0 bridgehead atoms. The van der Waals surface area contributed by atoms with Gasteiger partial charge in [-0.1, -0.05) is 55.5 Å². The maximum absolute atomic E-state index is 12.4. The Morgan fingerprint density at radius 3 is 2.38 bits per heavy atom. The summed E-state index contributed by atoms with van der Waals surface area (Å²) >= 11 is 12.2. The number of halogens is 2. The normalized spacial score (nSPS) is 22.0. The van der Waals surface area contributed by atoms with Gasteiger partial charge in [0.25, 0.3) is 0 Å². The summed E-state index contributed by atoms with van der Waals surface area (Å²) in [6.07, 6.45) is 8.14. The lowest BCUT2D eigenvalue weighted by Gasteiger charge is -2.28. The smallest absolute Gasteiger partial charge is 0.227 e. The average molecular weight is 328 g/mol. The minimum absolute atomic E-state index is 0.0546. The SMILES string of the molecule is CCCCC1CCC(C(=O)Nc2c(Cl)cccc2Cl)CC1. The van der Waals surface area contributed by atoms with Crippen LogP contribution in [0.1, 0.15) is 51.9 Å². The molecule has 0 heterocycles. The summed E-state index contributed by atoms with van der Waals surface area (Å²) in [7, 11) is 0. The zero-order valence-corrected chi connectivity index (χ0v) is 14.0. The molecule has 1 aliphatic carbocycles. The number of unbranched alkanes of at least 4 members (excludes halogenated alkanes) is 1. The summed E-state index contributed by atoms with van der Waals surface area (Å²) in [4.78, 5) is 12.4. The van der Waals surface area contributed by atoms with Crippen LogP contribution in [0.3, 0.4) is 0 Å². The summed E-state index contributed by atoms with van der Waals surface area (Å²) in [6, 6.07) is 5.26. The second kappa shape index (κ2) is 8.05. The Morgan fingerprint density at radius 2 is 1.81 bits per heavy atom. The Balaban J connectivity index is 1.88. The van der Waals surface area contributed by atoms with Crippen molar-refractivity contribution in [3.8, 4) is 0 Å². The van der Waals surface area contributed by atoms with E-state index in [1.54, 1.807) is 18.2 Å². The van der Waals surface area contributed by atoms with E-state index in [1.165, 1.54) is 19.3 Å². The van der Waals surface area contributed by atoms with Crippen LogP contribution >= 0.6 is 23.2 Å². The Hall–Kier alpha value is -0.730. The third kappa shape index (κ3) is 4.62. The van der Waals surface area contributed by atoms with E-state index in [2.05, 4.69) is 12.2 Å². The highest BCUT2D eigenvalue weighted by Gasteiger charge is 2.26. The summed E-state index contributed by atoms with van der Waals surface area (Å²) in [5.74, 6) is 0.951. The fourth-order valence-corrected chi connectivity index (χ4v) is 3.54. The van der Waals surface area contributed by atoms with Crippen molar-refractivity contribution in [2.24, 2.45) is 11.8 Å². The lowest BCUT2D eigenvalue weighted by molar-refractivity contribution is -0.121. The zero-order valence-electron chi connectivity index (χ0n) is 12.5. The fraction of sp³-hybridized carbons (Fsp3) is 0.588. The molecule has 0 saturated heterocycles. The number of rotatable bonds is 5. The monoisotopic (exact) mass is 327 g/mol. The predicted octanol–water partition coefficient (Wildman–Crippen LogP) is 5.93. The van der Waals surface area contributed by atoms with Gasteiger partial charge in [-0.25, -0.2) is 0 Å². The van der Waals surface area contributed by atoms with Crippen LogP contribution in [0.25, 0.3) is 0 Å². The molecule has 2 nitrogen and oxygen atoms in total. The molecular weight excluding hydrogens is 305 g/mol. The summed E-state index contributed by atoms with van der Waals surface area (Å²) in [5, 5.41) is 3.89. The molecule has 0 atom stereocenters. The van der Waals surface area contributed by atoms with Crippen LogP contribution in [0, 0.1) is 11.8 Å². The molecular formula is C17H23Cl2NO. The molecule has 1 fully saturated rings. The fourth-order valence-electron chi connectivity index (χ4n) is 3.05. The molecule has 1 N–H and O–H groups in total. The van der Waals surface area contributed by atoms with Crippen molar-refractivity contribution < 1.29 is 4.79 Å². The number of amides is 1. The first-order valence-electron chi connectivity index (χ1n) is 7.86. The van der Waals surface area contributed by atoms with Crippen molar-refractivity contribution in [1.29, 1.82) is 0 Å². The topological polar surface area (TPSA) is 29.1 Å². The van der Waals surface area contributed by atoms with E-state index in [0.29, 0.717) is 15.7 Å². The first-order chi connectivity index (χ1) is 10.1. The molecule has 4 heteroatoms. The van der Waals surface area contributed by atoms with Crippen LogP contribution in [-0.4, -0.2) is 5.91 Å². The van der Waals surface area contributed by atoms with Gasteiger partial charge in [0.1, 0.15) is 0 Å². The first-order valence-corrected chi connectivity index (χ1v) is 8.62. The van der Waals surface area contributed by atoms with Gasteiger partial charge in [0, 0.05) is 5.92 Å². The number of benzene rings is 1. The van der Waals surface area contributed by atoms with Crippen LogP contribution in [0.5, 0.6) is 0 Å². The molecule has 0 spiro atoms. The molecule has 1 amide bonds. The highest BCUT2D eigenvalue weighted by molar-refractivity contribution is 6.39. The maximum atomic E-state index is 12.4. The minimum atomic E-state index is 0.0546. The highest BCUT2D eigenvalue weighted by Crippen LogP contribution is 2.34. The predicted molar refractivity (Wildman–Crippen MR) is 90.1 cm³/mol. The average Bonchev–Trinajstić information content (AvgIpc) is 2.49. The largest absolute Gasteiger partial charge is 0.323 e. The molecule has 1 aliphatic rings.